The summed E-state index contributed by atoms with van der Waals surface area (Å²) in [5.41, 5.74) is 7.12. The number of nitrogens with zero attached hydrogens (tertiary/aromatic N) is 1. The van der Waals surface area contributed by atoms with E-state index in [1.807, 2.05) is 30.3 Å². The topological polar surface area (TPSA) is 166 Å². The van der Waals surface area contributed by atoms with E-state index in [0.29, 0.717) is 12.0 Å². The number of phenols is 1. The van der Waals surface area contributed by atoms with Crippen LogP contribution in [-0.4, -0.2) is 60.0 Å². The minimum absolute atomic E-state index is 0. The zero-order valence-electron chi connectivity index (χ0n) is 22.5. The van der Waals surface area contributed by atoms with Crippen molar-refractivity contribution >= 4 is 40.1 Å². The summed E-state index contributed by atoms with van der Waals surface area (Å²) in [6.07, 6.45) is 4.39. The van der Waals surface area contributed by atoms with E-state index >= 15 is 0 Å². The summed E-state index contributed by atoms with van der Waals surface area (Å²) in [6.45, 7) is 1.64. The zero-order chi connectivity index (χ0) is 28.2. The maximum Gasteiger partial charge on any atom is 0.243 e. The molecule has 0 spiro atoms. The second kappa shape index (κ2) is 13.5. The summed E-state index contributed by atoms with van der Waals surface area (Å²) in [7, 11) is -3.69. The molecule has 2 amide bonds. The van der Waals surface area contributed by atoms with Crippen LogP contribution in [0.3, 0.4) is 0 Å². The highest BCUT2D eigenvalue weighted by Gasteiger charge is 2.49. The lowest BCUT2D eigenvalue weighted by atomic mass is 9.84. The Morgan fingerprint density at radius 1 is 1.12 bits per heavy atom. The van der Waals surface area contributed by atoms with Gasteiger partial charge in [-0.25, -0.2) is 13.1 Å². The van der Waals surface area contributed by atoms with Crippen molar-refractivity contribution in [3.63, 3.8) is 0 Å². The largest absolute Gasteiger partial charge is 0.507 e. The first-order valence-corrected chi connectivity index (χ1v) is 15.0. The number of rotatable bonds is 10. The number of carbonyl (C=O) groups is 2. The molecule has 218 valence electrons. The molecule has 2 aromatic carbocycles. The van der Waals surface area contributed by atoms with Gasteiger partial charge in [0.05, 0.1) is 11.3 Å². The molecule has 12 heteroatoms. The fourth-order valence-corrected chi connectivity index (χ4v) is 6.53. The van der Waals surface area contributed by atoms with E-state index in [4.69, 9.17) is 11.1 Å². The number of likely N-dealkylation sites (tertiary alicyclic amines) is 1. The average Bonchev–Trinajstić information content (AvgIpc) is 3.31. The molecule has 1 aliphatic heterocycles. The van der Waals surface area contributed by atoms with Crippen LogP contribution in [0.1, 0.15) is 55.7 Å². The van der Waals surface area contributed by atoms with Gasteiger partial charge in [0.15, 0.2) is 0 Å². The van der Waals surface area contributed by atoms with E-state index in [0.717, 1.165) is 31.2 Å². The van der Waals surface area contributed by atoms with Gasteiger partial charge >= 0.3 is 0 Å². The van der Waals surface area contributed by atoms with Crippen molar-refractivity contribution in [2.75, 3.05) is 5.75 Å². The number of halogens is 1. The summed E-state index contributed by atoms with van der Waals surface area (Å²) in [4.78, 5) is 29.2. The van der Waals surface area contributed by atoms with Gasteiger partial charge in [-0.15, -0.1) is 12.4 Å². The molecule has 1 saturated carbocycles. The van der Waals surface area contributed by atoms with Gasteiger partial charge in [-0.2, -0.15) is 0 Å². The van der Waals surface area contributed by atoms with E-state index < -0.39 is 22.1 Å². The number of amidine groups is 1. The van der Waals surface area contributed by atoms with Gasteiger partial charge < -0.3 is 21.1 Å². The fourth-order valence-electron chi connectivity index (χ4n) is 5.74. The Bertz CT molecular complexity index is 1320. The third kappa shape index (κ3) is 7.32. The maximum atomic E-state index is 14.1. The van der Waals surface area contributed by atoms with Crippen LogP contribution in [0, 0.1) is 11.3 Å². The van der Waals surface area contributed by atoms with Crippen LogP contribution in [0.15, 0.2) is 48.5 Å². The smallest absolute Gasteiger partial charge is 0.243 e. The number of aromatic hydroxyl groups is 1. The van der Waals surface area contributed by atoms with E-state index in [9.17, 15) is 23.1 Å². The Balaban J connectivity index is 0.00000441. The number of phenolic OH excluding ortho intramolecular Hbond substituents is 1. The van der Waals surface area contributed by atoms with Gasteiger partial charge in [0.1, 0.15) is 23.7 Å². The molecule has 40 heavy (non-hydrogen) atoms. The van der Waals surface area contributed by atoms with Crippen molar-refractivity contribution in [3.05, 3.63) is 65.2 Å². The predicted molar refractivity (Wildman–Crippen MR) is 156 cm³/mol. The van der Waals surface area contributed by atoms with Crippen LogP contribution in [0.2, 0.25) is 0 Å². The molecule has 0 radical (unpaired) electrons. The first kappa shape index (κ1) is 31.4. The molecule has 2 aromatic rings. The average molecular weight is 592 g/mol. The highest BCUT2D eigenvalue weighted by molar-refractivity contribution is 7.89. The lowest BCUT2D eigenvalue weighted by Crippen LogP contribution is -2.57. The Kier molecular flexibility index (Phi) is 10.6. The number of fused-ring (bicyclic) bond motifs is 1. The number of hydrogen-bond acceptors (Lipinski definition) is 6. The summed E-state index contributed by atoms with van der Waals surface area (Å²) < 4.78 is 27.7. The molecule has 1 heterocycles. The number of nitrogens with one attached hydrogen (secondary N) is 3. The van der Waals surface area contributed by atoms with Crippen LogP contribution in [-0.2, 0) is 32.6 Å². The van der Waals surface area contributed by atoms with Crippen molar-refractivity contribution in [1.29, 1.82) is 5.41 Å². The van der Waals surface area contributed by atoms with Crippen molar-refractivity contribution in [2.24, 2.45) is 11.7 Å². The van der Waals surface area contributed by atoms with E-state index in [2.05, 4.69) is 10.0 Å². The normalized spacial score (nSPS) is 21.1. The van der Waals surface area contributed by atoms with Gasteiger partial charge in [-0.1, -0.05) is 49.2 Å². The van der Waals surface area contributed by atoms with E-state index in [-0.39, 0.29) is 72.0 Å². The highest BCUT2D eigenvalue weighted by atomic mass is 35.5. The molecule has 2 unspecified atom stereocenters. The number of amides is 2. The van der Waals surface area contributed by atoms with Crippen LogP contribution in [0.4, 0.5) is 0 Å². The van der Waals surface area contributed by atoms with Gasteiger partial charge in [0, 0.05) is 12.6 Å². The fraction of sp³-hybridized carbons (Fsp3) is 0.464. The van der Waals surface area contributed by atoms with Crippen molar-refractivity contribution in [3.8, 4) is 5.75 Å². The first-order chi connectivity index (χ1) is 18.6. The molecule has 6 N–H and O–H groups in total. The third-order valence-electron chi connectivity index (χ3n) is 7.75. The molecule has 4 atom stereocenters. The number of carbonyl (C=O) groups excluding carboxylic acids is 2. The number of nitrogen functional groups attached to an aromatic ring is 1. The lowest BCUT2D eigenvalue weighted by Gasteiger charge is -2.36. The third-order valence-corrected chi connectivity index (χ3v) is 9.15. The van der Waals surface area contributed by atoms with Crippen molar-refractivity contribution < 1.29 is 23.1 Å². The molecule has 2 fully saturated rings. The Morgan fingerprint density at radius 2 is 1.82 bits per heavy atom. The molecule has 1 saturated heterocycles. The minimum atomic E-state index is -3.69. The summed E-state index contributed by atoms with van der Waals surface area (Å²) in [6, 6.07) is 12.0. The highest BCUT2D eigenvalue weighted by Crippen LogP contribution is 2.40. The molecule has 10 nitrogen and oxygen atoms in total. The van der Waals surface area contributed by atoms with Gasteiger partial charge in [-0.3, -0.25) is 15.0 Å². The van der Waals surface area contributed by atoms with Gasteiger partial charge in [0.2, 0.25) is 21.8 Å². The SMILES string of the molecule is CCS(=O)(=O)N[C@H](Cc1ccccc1)C(=O)N1C2CCCCC2C[C@H]1C(=O)NCc1ccc(C(=N)N)c(O)c1.Cl. The number of benzene rings is 2. The molecular formula is C28H38ClN5O5S. The van der Waals surface area contributed by atoms with Gasteiger partial charge in [-0.05, 0) is 61.8 Å². The number of hydrogen-bond donors (Lipinski definition) is 5. The molecule has 1 aliphatic carbocycles. The van der Waals surface area contributed by atoms with Crippen LogP contribution in [0.25, 0.3) is 0 Å². The molecule has 2 aliphatic rings. The minimum Gasteiger partial charge on any atom is -0.507 e. The maximum absolute atomic E-state index is 14.1. The monoisotopic (exact) mass is 591 g/mol. The Labute approximate surface area is 241 Å². The second-order valence-corrected chi connectivity index (χ2v) is 12.4. The Hall–Kier alpha value is -3.15. The quantitative estimate of drug-likeness (QED) is 0.210. The molecule has 4 rings (SSSR count). The predicted octanol–water partition coefficient (Wildman–Crippen LogP) is 2.42. The first-order valence-electron chi connectivity index (χ1n) is 13.4. The summed E-state index contributed by atoms with van der Waals surface area (Å²) in [5.74, 6) is -1.08. The molecule has 0 bridgehead atoms. The zero-order valence-corrected chi connectivity index (χ0v) is 24.1. The van der Waals surface area contributed by atoms with Gasteiger partial charge in [0.25, 0.3) is 0 Å². The lowest BCUT2D eigenvalue weighted by molar-refractivity contribution is -0.142. The number of sulfonamides is 1. The Morgan fingerprint density at radius 3 is 2.48 bits per heavy atom. The van der Waals surface area contributed by atoms with Crippen LogP contribution >= 0.6 is 12.4 Å². The summed E-state index contributed by atoms with van der Waals surface area (Å²) in [5, 5.41) is 20.6. The van der Waals surface area contributed by atoms with Crippen molar-refractivity contribution in [2.45, 2.75) is 70.1 Å². The second-order valence-electron chi connectivity index (χ2n) is 10.4. The molecule has 0 aromatic heterocycles. The van der Waals surface area contributed by atoms with Crippen LogP contribution in [0.5, 0.6) is 5.75 Å². The molecular weight excluding hydrogens is 554 g/mol. The van der Waals surface area contributed by atoms with E-state index in [1.54, 1.807) is 11.0 Å². The summed E-state index contributed by atoms with van der Waals surface area (Å²) >= 11 is 0. The standard InChI is InChI=1S/C28H37N5O5S.ClH/c1-2-39(37,38)32-22(14-18-8-4-3-5-9-18)28(36)33-23-11-7-6-10-20(23)16-24(33)27(35)31-17-19-12-13-21(26(29)30)25(34)15-19;/h3-5,8-9,12-13,15,20,22-24,32,34H,2,6-7,10-11,14,16-17H2,1H3,(H3,29,30)(H,31,35);1H/t20?,22-,23?,24+;/m1./s1. The van der Waals surface area contributed by atoms with Crippen molar-refractivity contribution in [1.82, 2.24) is 14.9 Å². The van der Waals surface area contributed by atoms with E-state index in [1.165, 1.54) is 19.1 Å². The number of nitrogens with two attached hydrogens (primary N) is 1. The van der Waals surface area contributed by atoms with Crippen LogP contribution < -0.4 is 15.8 Å².